The average Bonchev–Trinajstić information content (AvgIpc) is 3.12. The summed E-state index contributed by atoms with van der Waals surface area (Å²) < 4.78 is 29.1. The maximum atomic E-state index is 7.98. The molecule has 0 saturated carbocycles. The van der Waals surface area contributed by atoms with Crippen LogP contribution < -0.4 is 4.57 Å². The van der Waals surface area contributed by atoms with Gasteiger partial charge in [-0.3, -0.25) is 4.57 Å². The Hall–Kier alpha value is -2.69. The highest BCUT2D eigenvalue weighted by atomic mass is 15.3. The third-order valence-corrected chi connectivity index (χ3v) is 3.89. The van der Waals surface area contributed by atoms with Gasteiger partial charge in [0.1, 0.15) is 11.2 Å². The van der Waals surface area contributed by atoms with Gasteiger partial charge < -0.3 is 0 Å². The zero-order valence-electron chi connectivity index (χ0n) is 13.5. The fourth-order valence-electron chi connectivity index (χ4n) is 3.06. The largest absolute Gasteiger partial charge is 0.293 e. The van der Waals surface area contributed by atoms with Gasteiger partial charge in [0.05, 0.1) is 23.8 Å². The van der Waals surface area contributed by atoms with Crippen molar-refractivity contribution in [3.05, 3.63) is 48.3 Å². The van der Waals surface area contributed by atoms with Crippen LogP contribution in [0.4, 0.5) is 0 Å². The third kappa shape index (κ3) is 1.02. The van der Waals surface area contributed by atoms with Gasteiger partial charge in [0.15, 0.2) is 5.52 Å². The van der Waals surface area contributed by atoms with Crippen LogP contribution in [0, 0.1) is 0 Å². The Morgan fingerprint density at radius 2 is 2.25 bits per heavy atom. The fourth-order valence-corrected chi connectivity index (χ4v) is 3.06. The Labute approximate surface area is 118 Å². The first kappa shape index (κ1) is 7.79. The van der Waals surface area contributed by atoms with E-state index in [1.54, 1.807) is 16.9 Å². The Kier molecular flexibility index (Phi) is 1.27. The van der Waals surface area contributed by atoms with Crippen molar-refractivity contribution >= 4 is 16.7 Å². The van der Waals surface area contributed by atoms with Crippen LogP contribution in [0.3, 0.4) is 0 Å². The number of aryl methyl sites for hydroxylation is 1. The van der Waals surface area contributed by atoms with Crippen molar-refractivity contribution in [2.75, 3.05) is 0 Å². The van der Waals surface area contributed by atoms with E-state index in [4.69, 9.17) is 4.11 Å². The summed E-state index contributed by atoms with van der Waals surface area (Å²) in [7, 11) is 0. The molecule has 0 N–H and O–H groups in total. The Bertz CT molecular complexity index is 1090. The summed E-state index contributed by atoms with van der Waals surface area (Å²) in [5.41, 5.74) is 4.05. The molecular formula is C15H12N5+. The smallest absolute Gasteiger partial charge is 0.254 e. The van der Waals surface area contributed by atoms with Crippen molar-refractivity contribution in [2.24, 2.45) is 6.98 Å². The van der Waals surface area contributed by atoms with Gasteiger partial charge in [-0.25, -0.2) is 9.55 Å². The highest BCUT2D eigenvalue weighted by molar-refractivity contribution is 5.81. The van der Waals surface area contributed by atoms with E-state index in [-0.39, 0.29) is 0 Å². The van der Waals surface area contributed by atoms with E-state index < -0.39 is 6.98 Å². The molecule has 0 spiro atoms. The first-order valence-electron chi connectivity index (χ1n) is 7.91. The van der Waals surface area contributed by atoms with Crippen LogP contribution in [-0.2, 0) is 13.5 Å². The van der Waals surface area contributed by atoms with E-state index in [0.29, 0.717) is 17.9 Å². The quantitative estimate of drug-likeness (QED) is 0.398. The first-order chi connectivity index (χ1) is 11.1. The first-order valence-corrected chi connectivity index (χ1v) is 6.41. The molecular weight excluding hydrogens is 250 g/mol. The van der Waals surface area contributed by atoms with Gasteiger partial charge in [0.2, 0.25) is 0 Å². The molecule has 5 heteroatoms. The lowest BCUT2D eigenvalue weighted by molar-refractivity contribution is -0.648. The number of nitrogens with zero attached hydrogens (tertiary/aromatic N) is 5. The van der Waals surface area contributed by atoms with E-state index in [1.165, 1.54) is 4.57 Å². The molecule has 0 fully saturated rings. The van der Waals surface area contributed by atoms with Crippen LogP contribution in [0.5, 0.6) is 0 Å². The fraction of sp³-hybridized carbons (Fsp3) is 0.133. The predicted molar refractivity (Wildman–Crippen MR) is 74.2 cm³/mol. The lowest BCUT2D eigenvalue weighted by Crippen LogP contribution is -2.32. The Morgan fingerprint density at radius 1 is 1.30 bits per heavy atom. The minimum Gasteiger partial charge on any atom is -0.254 e. The van der Waals surface area contributed by atoms with Gasteiger partial charge >= 0.3 is 0 Å². The summed E-state index contributed by atoms with van der Waals surface area (Å²) in [6.45, 7) is -1.69. The molecule has 0 amide bonds. The molecule has 0 radical (unpaired) electrons. The maximum Gasteiger partial charge on any atom is 0.293 e. The molecule has 0 aliphatic carbocycles. The summed E-state index contributed by atoms with van der Waals surface area (Å²) in [4.78, 5) is 4.41. The number of hydrogen-bond donors (Lipinski definition) is 0. The topological polar surface area (TPSA) is 39.0 Å². The average molecular weight is 265 g/mol. The monoisotopic (exact) mass is 265 g/mol. The highest BCUT2D eigenvalue weighted by Crippen LogP contribution is 2.29. The van der Waals surface area contributed by atoms with Gasteiger partial charge in [0, 0.05) is 17.8 Å². The molecule has 0 bridgehead atoms. The lowest BCUT2D eigenvalue weighted by Gasteiger charge is -1.95. The van der Waals surface area contributed by atoms with Crippen molar-refractivity contribution in [1.82, 2.24) is 19.2 Å². The zero-order valence-corrected chi connectivity index (χ0v) is 10.5. The van der Waals surface area contributed by atoms with Gasteiger partial charge in [-0.2, -0.15) is 0 Å². The molecule has 5 heterocycles. The van der Waals surface area contributed by atoms with Crippen LogP contribution in [0.1, 0.15) is 9.68 Å². The molecule has 4 aromatic heterocycles. The summed E-state index contributed by atoms with van der Waals surface area (Å²) in [5.74, 6) is 0.616. The molecule has 1 aliphatic rings. The normalized spacial score (nSPS) is 15.9. The van der Waals surface area contributed by atoms with Gasteiger partial charge in [-0.1, -0.05) is 6.07 Å². The molecule has 5 rings (SSSR count). The van der Waals surface area contributed by atoms with E-state index in [0.717, 1.165) is 22.4 Å². The van der Waals surface area contributed by atoms with Crippen LogP contribution in [0.2, 0.25) is 0 Å². The van der Waals surface area contributed by atoms with Crippen LogP contribution in [0.15, 0.2) is 42.7 Å². The van der Waals surface area contributed by atoms with Crippen molar-refractivity contribution in [3.8, 4) is 11.5 Å². The van der Waals surface area contributed by atoms with Gasteiger partial charge in [-0.15, -0.1) is 9.61 Å². The zero-order chi connectivity index (χ0) is 15.8. The molecule has 20 heavy (non-hydrogen) atoms. The molecule has 5 nitrogen and oxygen atoms in total. The summed E-state index contributed by atoms with van der Waals surface area (Å²) in [5, 5.41) is 4.38. The van der Waals surface area contributed by atoms with E-state index in [9.17, 15) is 0 Å². The number of fused-ring (bicyclic) bond motifs is 7. The number of rotatable bonds is 0. The molecule has 96 valence electrons. The molecule has 1 aliphatic heterocycles. The molecule has 0 aromatic carbocycles. The predicted octanol–water partition coefficient (Wildman–Crippen LogP) is 1.54. The summed E-state index contributed by atoms with van der Waals surface area (Å²) >= 11 is 0. The molecule has 4 aromatic rings. The maximum absolute atomic E-state index is 7.98. The SMILES string of the molecule is [2H]C([2H])([2H])n1c2[n+](c3c1cc1cccnn13)Cc1cccnc1-2. The number of aromatic nitrogens is 5. The van der Waals surface area contributed by atoms with E-state index >= 15 is 0 Å². The van der Waals surface area contributed by atoms with Gasteiger partial charge in [-0.05, 0) is 18.2 Å². The molecule has 0 saturated heterocycles. The second-order valence-electron chi connectivity index (χ2n) is 4.97. The standard InChI is InChI=1S/C15H12N5/c1-18-12-8-11-5-3-7-17-20(11)14(12)19-9-10-4-2-6-16-13(10)15(18)19/h2-8H,9H2,1H3/q+1/i1D3. The van der Waals surface area contributed by atoms with Crippen LogP contribution >= 0.6 is 0 Å². The highest BCUT2D eigenvalue weighted by Gasteiger charge is 2.34. The van der Waals surface area contributed by atoms with Crippen molar-refractivity contribution < 1.29 is 8.68 Å². The molecule has 0 unspecified atom stereocenters. The van der Waals surface area contributed by atoms with Crippen molar-refractivity contribution in [2.45, 2.75) is 6.54 Å². The summed E-state index contributed by atoms with van der Waals surface area (Å²) in [6.07, 6.45) is 3.39. The number of imidazole rings is 1. The van der Waals surface area contributed by atoms with E-state index in [2.05, 4.69) is 10.1 Å². The lowest BCUT2D eigenvalue weighted by atomic mass is 10.2. The minimum atomic E-state index is -2.29. The number of hydrogen-bond acceptors (Lipinski definition) is 2. The van der Waals surface area contributed by atoms with Crippen LogP contribution in [0.25, 0.3) is 28.2 Å². The Morgan fingerprint density at radius 3 is 3.20 bits per heavy atom. The van der Waals surface area contributed by atoms with Crippen molar-refractivity contribution in [1.29, 1.82) is 0 Å². The van der Waals surface area contributed by atoms with Gasteiger partial charge in [0.25, 0.3) is 11.5 Å². The second-order valence-corrected chi connectivity index (χ2v) is 4.97. The van der Waals surface area contributed by atoms with Crippen LogP contribution in [-0.4, -0.2) is 19.2 Å². The summed E-state index contributed by atoms with van der Waals surface area (Å²) in [6, 6.07) is 9.48. The molecule has 0 atom stereocenters. The second kappa shape index (κ2) is 3.25. The van der Waals surface area contributed by atoms with E-state index in [1.807, 2.05) is 34.9 Å². The minimum absolute atomic E-state index is 0.598. The van der Waals surface area contributed by atoms with Crippen molar-refractivity contribution in [3.63, 3.8) is 0 Å². The third-order valence-electron chi connectivity index (χ3n) is 3.89. The Balaban J connectivity index is 2.01. The number of pyridine rings is 1.